The van der Waals surface area contributed by atoms with Crippen LogP contribution in [0.2, 0.25) is 0 Å². The Kier molecular flexibility index (Phi) is 5.74. The summed E-state index contributed by atoms with van der Waals surface area (Å²) in [4.78, 5) is 14.3. The van der Waals surface area contributed by atoms with Gasteiger partial charge in [-0.05, 0) is 42.7 Å². The molecule has 1 saturated heterocycles. The number of amides is 1. The van der Waals surface area contributed by atoms with Gasteiger partial charge in [0.1, 0.15) is 11.8 Å². The summed E-state index contributed by atoms with van der Waals surface area (Å²) in [6.07, 6.45) is 2.83. The van der Waals surface area contributed by atoms with Crippen LogP contribution < -0.4 is 4.74 Å². The molecule has 0 bridgehead atoms. The van der Waals surface area contributed by atoms with Crippen molar-refractivity contribution >= 4 is 5.91 Å². The molecular weight excluding hydrogens is 376 g/mol. The lowest BCUT2D eigenvalue weighted by Gasteiger charge is -2.53. The van der Waals surface area contributed by atoms with Crippen LogP contribution in [0.3, 0.4) is 0 Å². The minimum absolute atomic E-state index is 0.0161. The number of hydrogen-bond donors (Lipinski definition) is 1. The van der Waals surface area contributed by atoms with Gasteiger partial charge in [0.2, 0.25) is 5.91 Å². The van der Waals surface area contributed by atoms with Crippen LogP contribution in [0.15, 0.2) is 48.5 Å². The van der Waals surface area contributed by atoms with Gasteiger partial charge >= 0.3 is 0 Å². The zero-order valence-corrected chi connectivity index (χ0v) is 16.9. The summed E-state index contributed by atoms with van der Waals surface area (Å²) in [5.74, 6) is 6.84. The molecule has 152 valence electrons. The lowest BCUT2D eigenvalue weighted by atomic mass is 9.73. The monoisotopic (exact) mass is 400 g/mol. The second-order valence-corrected chi connectivity index (χ2v) is 7.80. The van der Waals surface area contributed by atoms with Crippen molar-refractivity contribution in [2.75, 3.05) is 13.7 Å². The molecule has 0 aromatic heterocycles. The maximum atomic E-state index is 12.7. The van der Waals surface area contributed by atoms with E-state index in [1.54, 1.807) is 12.0 Å². The van der Waals surface area contributed by atoms with E-state index in [9.17, 15) is 15.2 Å². The molecule has 5 nitrogen and oxygen atoms in total. The highest BCUT2D eigenvalue weighted by Gasteiger charge is 2.53. The number of nitriles is 1. The number of carbonyl (C=O) groups excluding carboxylic acids is 1. The van der Waals surface area contributed by atoms with Crippen molar-refractivity contribution in [3.63, 3.8) is 0 Å². The van der Waals surface area contributed by atoms with Crippen molar-refractivity contribution in [3.8, 4) is 23.7 Å². The molecule has 1 saturated carbocycles. The molecule has 1 aliphatic carbocycles. The first-order chi connectivity index (χ1) is 14.7. The summed E-state index contributed by atoms with van der Waals surface area (Å²) in [6.45, 7) is -0.142. The topological polar surface area (TPSA) is 73.6 Å². The minimum atomic E-state index is -0.527. The van der Waals surface area contributed by atoms with Crippen LogP contribution in [0, 0.1) is 29.1 Å². The van der Waals surface area contributed by atoms with E-state index >= 15 is 0 Å². The summed E-state index contributed by atoms with van der Waals surface area (Å²) >= 11 is 0. The van der Waals surface area contributed by atoms with Crippen molar-refractivity contribution in [1.82, 2.24) is 4.90 Å². The van der Waals surface area contributed by atoms with Gasteiger partial charge in [-0.15, -0.1) is 0 Å². The first-order valence-corrected chi connectivity index (χ1v) is 10.3. The molecule has 1 heterocycles. The van der Waals surface area contributed by atoms with Crippen molar-refractivity contribution in [2.24, 2.45) is 5.92 Å². The van der Waals surface area contributed by atoms with Crippen LogP contribution in [0.5, 0.6) is 5.75 Å². The number of para-hydroxylation sites is 1. The average Bonchev–Trinajstić information content (AvgIpc) is 2.72. The first-order valence-electron chi connectivity index (χ1n) is 10.3. The molecule has 2 aromatic carbocycles. The number of aliphatic hydroxyl groups is 1. The van der Waals surface area contributed by atoms with Crippen molar-refractivity contribution in [3.05, 3.63) is 65.2 Å². The van der Waals surface area contributed by atoms with Crippen molar-refractivity contribution in [1.29, 1.82) is 5.26 Å². The number of likely N-dealkylation sites (tertiary alicyclic amines) is 1. The van der Waals surface area contributed by atoms with Crippen LogP contribution in [0.1, 0.15) is 41.9 Å². The lowest BCUT2D eigenvalue weighted by Crippen LogP contribution is -2.66. The highest BCUT2D eigenvalue weighted by Crippen LogP contribution is 2.43. The quantitative estimate of drug-likeness (QED) is 0.801. The van der Waals surface area contributed by atoms with E-state index in [-0.39, 0.29) is 30.4 Å². The number of carbonyl (C=O) groups is 1. The van der Waals surface area contributed by atoms with E-state index in [4.69, 9.17) is 4.74 Å². The molecule has 1 aliphatic heterocycles. The normalized spacial score (nSPS) is 22.7. The van der Waals surface area contributed by atoms with Gasteiger partial charge in [-0.1, -0.05) is 42.5 Å². The Morgan fingerprint density at radius 2 is 1.90 bits per heavy atom. The number of methoxy groups -OCH3 is 1. The number of ether oxygens (including phenoxy) is 1. The minimum Gasteiger partial charge on any atom is -0.495 e. The van der Waals surface area contributed by atoms with E-state index < -0.39 is 6.04 Å². The van der Waals surface area contributed by atoms with Crippen LogP contribution >= 0.6 is 0 Å². The largest absolute Gasteiger partial charge is 0.495 e. The highest BCUT2D eigenvalue weighted by molar-refractivity contribution is 5.82. The van der Waals surface area contributed by atoms with Gasteiger partial charge in [0.05, 0.1) is 31.4 Å². The molecule has 1 N–H and O–H groups in total. The Labute approximate surface area is 176 Å². The molecule has 30 heavy (non-hydrogen) atoms. The molecule has 5 heteroatoms. The zero-order valence-electron chi connectivity index (χ0n) is 16.9. The third-order valence-electron chi connectivity index (χ3n) is 6.18. The predicted molar refractivity (Wildman–Crippen MR) is 113 cm³/mol. The maximum absolute atomic E-state index is 12.7. The van der Waals surface area contributed by atoms with Crippen molar-refractivity contribution < 1.29 is 14.6 Å². The Morgan fingerprint density at radius 1 is 1.17 bits per heavy atom. The number of nitrogens with zero attached hydrogens (tertiary/aromatic N) is 2. The smallest absolute Gasteiger partial charge is 0.227 e. The fourth-order valence-electron chi connectivity index (χ4n) is 4.25. The summed E-state index contributed by atoms with van der Waals surface area (Å²) in [7, 11) is 1.62. The van der Waals surface area contributed by atoms with Gasteiger partial charge in [0.25, 0.3) is 0 Å². The average molecular weight is 400 g/mol. The Morgan fingerprint density at radius 3 is 2.50 bits per heavy atom. The first kappa shape index (κ1) is 20.0. The van der Waals surface area contributed by atoms with E-state index in [0.717, 1.165) is 41.7 Å². The van der Waals surface area contributed by atoms with E-state index in [1.807, 2.05) is 48.5 Å². The van der Waals surface area contributed by atoms with Gasteiger partial charge in [-0.25, -0.2) is 0 Å². The Hall–Kier alpha value is -3.28. The Balaban J connectivity index is 1.52. The summed E-state index contributed by atoms with van der Waals surface area (Å²) in [5.41, 5.74) is 2.61. The van der Waals surface area contributed by atoms with Gasteiger partial charge in [-0.2, -0.15) is 5.26 Å². The molecule has 2 aliphatic rings. The second kappa shape index (κ2) is 8.61. The molecule has 0 unspecified atom stereocenters. The molecular formula is C25H24N2O3. The fourth-order valence-corrected chi connectivity index (χ4v) is 4.25. The number of rotatable bonds is 4. The van der Waals surface area contributed by atoms with Crippen LogP contribution in [-0.4, -0.2) is 41.7 Å². The summed E-state index contributed by atoms with van der Waals surface area (Å²) < 4.78 is 5.32. The zero-order chi connectivity index (χ0) is 21.1. The van der Waals surface area contributed by atoms with Gasteiger partial charge < -0.3 is 14.7 Å². The number of hydrogen-bond acceptors (Lipinski definition) is 4. The lowest BCUT2D eigenvalue weighted by molar-refractivity contribution is -0.154. The summed E-state index contributed by atoms with van der Waals surface area (Å²) in [6, 6.07) is 16.7. The maximum Gasteiger partial charge on any atom is 0.227 e. The van der Waals surface area contributed by atoms with Gasteiger partial charge in [-0.3, -0.25) is 4.79 Å². The van der Waals surface area contributed by atoms with Crippen LogP contribution in [-0.2, 0) is 4.79 Å². The van der Waals surface area contributed by atoms with Gasteiger partial charge in [0, 0.05) is 17.4 Å². The molecule has 3 atom stereocenters. The predicted octanol–water partition coefficient (Wildman–Crippen LogP) is 3.07. The molecule has 0 radical (unpaired) electrons. The summed E-state index contributed by atoms with van der Waals surface area (Å²) in [5, 5.41) is 19.6. The van der Waals surface area contributed by atoms with E-state index in [1.165, 1.54) is 0 Å². The Bertz CT molecular complexity index is 1020. The fraction of sp³-hybridized carbons (Fsp3) is 0.360. The number of benzene rings is 2. The third-order valence-corrected chi connectivity index (χ3v) is 6.18. The number of aliphatic hydroxyl groups excluding tert-OH is 1. The molecule has 0 spiro atoms. The van der Waals surface area contributed by atoms with Crippen LogP contribution in [0.25, 0.3) is 0 Å². The molecule has 2 fully saturated rings. The van der Waals surface area contributed by atoms with Gasteiger partial charge in [0.15, 0.2) is 0 Å². The molecule has 1 amide bonds. The standard InChI is InChI=1S/C25H24N2O3/c1-30-23-8-3-2-5-18(23)12-9-17-10-13-19(14-11-17)24-21(15-26)27(22(24)16-28)25(29)20-6-4-7-20/h2-3,5,8,10-11,13-14,20-22,24,28H,4,6-7,16H2,1H3/t21-,22-,24-/m0/s1. The molecule has 4 rings (SSSR count). The molecule has 2 aromatic rings. The highest BCUT2D eigenvalue weighted by atomic mass is 16.5. The third kappa shape index (κ3) is 3.54. The SMILES string of the molecule is COc1ccccc1C#Cc1ccc([C@H]2[C@H](C#N)N(C(=O)C3CCC3)[C@H]2CO)cc1. The van der Waals surface area contributed by atoms with Crippen LogP contribution in [0.4, 0.5) is 0 Å². The second-order valence-electron chi connectivity index (χ2n) is 7.80. The van der Waals surface area contributed by atoms with E-state index in [0.29, 0.717) is 0 Å². The van der Waals surface area contributed by atoms with E-state index in [2.05, 4.69) is 17.9 Å². The van der Waals surface area contributed by atoms with Crippen molar-refractivity contribution in [2.45, 2.75) is 37.3 Å².